The van der Waals surface area contributed by atoms with Crippen LogP contribution in [0.2, 0.25) is 0 Å². The summed E-state index contributed by atoms with van der Waals surface area (Å²) in [6, 6.07) is 0.681. The molecule has 2 rings (SSSR count). The van der Waals surface area contributed by atoms with Gasteiger partial charge in [-0.05, 0) is 58.7 Å². The molecule has 94 valence electrons. The summed E-state index contributed by atoms with van der Waals surface area (Å²) >= 11 is 0. The van der Waals surface area contributed by atoms with E-state index in [4.69, 9.17) is 4.74 Å². The molecule has 3 nitrogen and oxygen atoms in total. The van der Waals surface area contributed by atoms with E-state index in [0.717, 1.165) is 6.61 Å². The summed E-state index contributed by atoms with van der Waals surface area (Å²) in [5.74, 6) is 0. The standard InChI is InChI=1S/C13H26N2O/c1-12(4-11-16-2)15-10-3-5-13(15)6-8-14-9-7-13/h12,14H,3-11H2,1-2H3. The Hall–Kier alpha value is -0.120. The number of hydrogen-bond acceptors (Lipinski definition) is 3. The van der Waals surface area contributed by atoms with Gasteiger partial charge in [0.1, 0.15) is 0 Å². The van der Waals surface area contributed by atoms with Gasteiger partial charge in [0.15, 0.2) is 0 Å². The van der Waals surface area contributed by atoms with Gasteiger partial charge in [-0.25, -0.2) is 0 Å². The number of methoxy groups -OCH3 is 1. The summed E-state index contributed by atoms with van der Waals surface area (Å²) in [5.41, 5.74) is 0.526. The van der Waals surface area contributed by atoms with Crippen molar-refractivity contribution in [2.45, 2.75) is 50.6 Å². The van der Waals surface area contributed by atoms with Gasteiger partial charge in [-0.15, -0.1) is 0 Å². The quantitative estimate of drug-likeness (QED) is 0.788. The molecule has 2 aliphatic heterocycles. The molecule has 0 bridgehead atoms. The van der Waals surface area contributed by atoms with Gasteiger partial charge >= 0.3 is 0 Å². The first kappa shape index (κ1) is 12.3. The normalized spacial score (nSPS) is 27.4. The zero-order chi connectivity index (χ0) is 11.4. The Morgan fingerprint density at radius 1 is 1.31 bits per heavy atom. The summed E-state index contributed by atoms with van der Waals surface area (Å²) in [6.07, 6.45) is 6.64. The van der Waals surface area contributed by atoms with Gasteiger partial charge in [-0.3, -0.25) is 4.90 Å². The lowest BCUT2D eigenvalue weighted by atomic mass is 9.85. The summed E-state index contributed by atoms with van der Waals surface area (Å²) in [6.45, 7) is 6.96. The predicted octanol–water partition coefficient (Wildman–Crippen LogP) is 1.63. The monoisotopic (exact) mass is 226 g/mol. The summed E-state index contributed by atoms with van der Waals surface area (Å²) in [7, 11) is 1.80. The molecular formula is C13H26N2O. The van der Waals surface area contributed by atoms with Crippen LogP contribution in [0.1, 0.15) is 39.0 Å². The molecule has 16 heavy (non-hydrogen) atoms. The number of nitrogens with one attached hydrogen (secondary N) is 1. The third-order valence-electron chi connectivity index (χ3n) is 4.46. The van der Waals surface area contributed by atoms with Gasteiger partial charge in [0, 0.05) is 25.3 Å². The molecule has 0 aliphatic carbocycles. The third-order valence-corrected chi connectivity index (χ3v) is 4.46. The Kier molecular flexibility index (Phi) is 4.22. The van der Waals surface area contributed by atoms with E-state index in [1.54, 1.807) is 7.11 Å². The van der Waals surface area contributed by atoms with Gasteiger partial charge in [0.05, 0.1) is 0 Å². The largest absolute Gasteiger partial charge is 0.385 e. The molecule has 0 aromatic rings. The average Bonchev–Trinajstić information content (AvgIpc) is 2.70. The van der Waals surface area contributed by atoms with Crippen LogP contribution in [-0.4, -0.2) is 49.8 Å². The Labute approximate surface area is 99.5 Å². The fourth-order valence-electron chi connectivity index (χ4n) is 3.52. The van der Waals surface area contributed by atoms with Crippen molar-refractivity contribution >= 4 is 0 Å². The van der Waals surface area contributed by atoms with Gasteiger partial charge in [-0.2, -0.15) is 0 Å². The first-order valence-corrected chi connectivity index (χ1v) is 6.75. The second kappa shape index (κ2) is 5.48. The molecule has 0 aromatic carbocycles. The number of hydrogen-bond donors (Lipinski definition) is 1. The lowest BCUT2D eigenvalue weighted by Crippen LogP contribution is -2.54. The van der Waals surface area contributed by atoms with Crippen LogP contribution in [0.25, 0.3) is 0 Å². The van der Waals surface area contributed by atoms with Crippen LogP contribution in [0.4, 0.5) is 0 Å². The Bertz CT molecular complexity index is 214. The van der Waals surface area contributed by atoms with Crippen molar-refractivity contribution in [1.82, 2.24) is 10.2 Å². The molecule has 0 saturated carbocycles. The van der Waals surface area contributed by atoms with Crippen molar-refractivity contribution < 1.29 is 4.74 Å². The molecule has 1 spiro atoms. The van der Waals surface area contributed by atoms with Crippen molar-refractivity contribution in [3.8, 4) is 0 Å². The molecule has 0 amide bonds. The van der Waals surface area contributed by atoms with E-state index in [1.807, 2.05) is 0 Å². The first-order chi connectivity index (χ1) is 7.78. The van der Waals surface area contributed by atoms with E-state index < -0.39 is 0 Å². The molecule has 0 radical (unpaired) electrons. The number of nitrogens with zero attached hydrogens (tertiary/aromatic N) is 1. The minimum Gasteiger partial charge on any atom is -0.385 e. The van der Waals surface area contributed by atoms with Crippen LogP contribution in [0.5, 0.6) is 0 Å². The van der Waals surface area contributed by atoms with E-state index in [1.165, 1.54) is 51.7 Å². The van der Waals surface area contributed by atoms with Crippen LogP contribution in [-0.2, 0) is 4.74 Å². The SMILES string of the molecule is COCCC(C)N1CCCC12CCNCC2. The highest BCUT2D eigenvalue weighted by atomic mass is 16.5. The van der Waals surface area contributed by atoms with Crippen molar-refractivity contribution in [2.24, 2.45) is 0 Å². The highest BCUT2D eigenvalue weighted by molar-refractivity contribution is 5.00. The average molecular weight is 226 g/mol. The zero-order valence-electron chi connectivity index (χ0n) is 10.8. The van der Waals surface area contributed by atoms with Crippen LogP contribution in [0.3, 0.4) is 0 Å². The summed E-state index contributed by atoms with van der Waals surface area (Å²) < 4.78 is 5.21. The molecule has 2 aliphatic rings. The zero-order valence-corrected chi connectivity index (χ0v) is 10.8. The molecule has 3 heteroatoms. The maximum absolute atomic E-state index is 5.21. The third kappa shape index (κ3) is 2.41. The van der Waals surface area contributed by atoms with Crippen molar-refractivity contribution in [1.29, 1.82) is 0 Å². The second-order valence-electron chi connectivity index (χ2n) is 5.40. The van der Waals surface area contributed by atoms with Gasteiger partial charge < -0.3 is 10.1 Å². The van der Waals surface area contributed by atoms with E-state index in [0.29, 0.717) is 11.6 Å². The number of likely N-dealkylation sites (tertiary alicyclic amines) is 1. The van der Waals surface area contributed by atoms with E-state index >= 15 is 0 Å². The molecular weight excluding hydrogens is 200 g/mol. The molecule has 1 atom stereocenters. The van der Waals surface area contributed by atoms with Gasteiger partial charge in [0.25, 0.3) is 0 Å². The Balaban J connectivity index is 1.96. The lowest BCUT2D eigenvalue weighted by molar-refractivity contribution is 0.0483. The van der Waals surface area contributed by atoms with Crippen molar-refractivity contribution in [3.63, 3.8) is 0 Å². The maximum atomic E-state index is 5.21. The lowest BCUT2D eigenvalue weighted by Gasteiger charge is -2.45. The van der Waals surface area contributed by atoms with Crippen LogP contribution in [0, 0.1) is 0 Å². The molecule has 1 N–H and O–H groups in total. The predicted molar refractivity (Wildman–Crippen MR) is 66.7 cm³/mol. The Morgan fingerprint density at radius 3 is 2.75 bits per heavy atom. The Morgan fingerprint density at radius 2 is 2.06 bits per heavy atom. The van der Waals surface area contributed by atoms with Crippen LogP contribution >= 0.6 is 0 Å². The minimum absolute atomic E-state index is 0.526. The van der Waals surface area contributed by atoms with E-state index in [2.05, 4.69) is 17.1 Å². The van der Waals surface area contributed by atoms with Gasteiger partial charge in [-0.1, -0.05) is 0 Å². The molecule has 2 heterocycles. The topological polar surface area (TPSA) is 24.5 Å². The van der Waals surface area contributed by atoms with E-state index in [-0.39, 0.29) is 0 Å². The highest BCUT2D eigenvalue weighted by Crippen LogP contribution is 2.38. The number of rotatable bonds is 4. The molecule has 1 unspecified atom stereocenters. The van der Waals surface area contributed by atoms with Gasteiger partial charge in [0.2, 0.25) is 0 Å². The smallest absolute Gasteiger partial charge is 0.0477 e. The fraction of sp³-hybridized carbons (Fsp3) is 1.00. The number of ether oxygens (including phenoxy) is 1. The van der Waals surface area contributed by atoms with E-state index in [9.17, 15) is 0 Å². The van der Waals surface area contributed by atoms with Crippen LogP contribution in [0.15, 0.2) is 0 Å². The van der Waals surface area contributed by atoms with Crippen molar-refractivity contribution in [2.75, 3.05) is 33.4 Å². The highest BCUT2D eigenvalue weighted by Gasteiger charge is 2.43. The maximum Gasteiger partial charge on any atom is 0.0477 e. The minimum atomic E-state index is 0.526. The van der Waals surface area contributed by atoms with Crippen molar-refractivity contribution in [3.05, 3.63) is 0 Å². The summed E-state index contributed by atoms with van der Waals surface area (Å²) in [4.78, 5) is 2.77. The van der Waals surface area contributed by atoms with Crippen LogP contribution < -0.4 is 5.32 Å². The molecule has 0 aromatic heterocycles. The summed E-state index contributed by atoms with van der Waals surface area (Å²) in [5, 5.41) is 3.49. The fourth-order valence-corrected chi connectivity index (χ4v) is 3.52. The molecule has 2 fully saturated rings. The number of piperidine rings is 1. The first-order valence-electron chi connectivity index (χ1n) is 6.75. The second-order valence-corrected chi connectivity index (χ2v) is 5.40. The molecule has 2 saturated heterocycles.